The van der Waals surface area contributed by atoms with Crippen LogP contribution in [-0.2, 0) is 9.47 Å². The molecule has 0 atom stereocenters. The van der Waals surface area contributed by atoms with Crippen LogP contribution in [0.4, 0.5) is 0 Å². The smallest absolute Gasteiger partial charge is 0.170 e. The number of likely N-dealkylation sites (N-methyl/N-ethyl adjacent to an activating group) is 1. The maximum absolute atomic E-state index is 9.21. The van der Waals surface area contributed by atoms with Crippen molar-refractivity contribution in [1.82, 2.24) is 4.90 Å². The van der Waals surface area contributed by atoms with Gasteiger partial charge >= 0.3 is 0 Å². The fourth-order valence-corrected chi connectivity index (χ4v) is 2.14. The molecule has 1 aliphatic rings. The molecule has 1 saturated carbocycles. The van der Waals surface area contributed by atoms with Gasteiger partial charge in [0.2, 0.25) is 0 Å². The largest absolute Gasteiger partial charge is 0.393 e. The topological polar surface area (TPSA) is 41.9 Å². The maximum atomic E-state index is 9.21. The minimum Gasteiger partial charge on any atom is -0.393 e. The van der Waals surface area contributed by atoms with E-state index in [2.05, 4.69) is 11.9 Å². The Morgan fingerprint density at radius 3 is 2.25 bits per heavy atom. The molecule has 0 aromatic heterocycles. The van der Waals surface area contributed by atoms with E-state index in [-0.39, 0.29) is 12.4 Å². The third-order valence-electron chi connectivity index (χ3n) is 2.95. The molecule has 0 saturated heterocycles. The van der Waals surface area contributed by atoms with E-state index in [0.29, 0.717) is 19.1 Å². The summed E-state index contributed by atoms with van der Waals surface area (Å²) in [6, 6.07) is 0. The monoisotopic (exact) mass is 231 g/mol. The van der Waals surface area contributed by atoms with Gasteiger partial charge in [0.1, 0.15) is 0 Å². The summed E-state index contributed by atoms with van der Waals surface area (Å²) in [5.41, 5.74) is 0. The van der Waals surface area contributed by atoms with E-state index in [4.69, 9.17) is 9.47 Å². The number of ether oxygens (including phenoxy) is 2. The molecule has 0 heterocycles. The average Bonchev–Trinajstić information content (AvgIpc) is 2.16. The Labute approximate surface area is 98.5 Å². The van der Waals surface area contributed by atoms with Gasteiger partial charge < -0.3 is 19.5 Å². The first-order valence-corrected chi connectivity index (χ1v) is 6.25. The molecule has 0 aliphatic heterocycles. The quantitative estimate of drug-likeness (QED) is 0.635. The number of rotatable bonds is 8. The van der Waals surface area contributed by atoms with Gasteiger partial charge in [0.25, 0.3) is 0 Å². The van der Waals surface area contributed by atoms with Gasteiger partial charge in [-0.25, -0.2) is 0 Å². The highest BCUT2D eigenvalue weighted by Gasteiger charge is 2.28. The van der Waals surface area contributed by atoms with Crippen LogP contribution in [0.2, 0.25) is 0 Å². The minimum atomic E-state index is -0.120. The van der Waals surface area contributed by atoms with Gasteiger partial charge in [-0.1, -0.05) is 0 Å². The van der Waals surface area contributed by atoms with E-state index in [1.807, 2.05) is 13.8 Å². The highest BCUT2D eigenvalue weighted by Crippen LogP contribution is 2.27. The van der Waals surface area contributed by atoms with Crippen molar-refractivity contribution in [2.75, 3.05) is 33.4 Å². The Hall–Kier alpha value is -0.160. The molecule has 0 aromatic carbocycles. The average molecular weight is 231 g/mol. The Morgan fingerprint density at radius 1 is 1.25 bits per heavy atom. The zero-order valence-electron chi connectivity index (χ0n) is 10.7. The molecule has 1 aliphatic carbocycles. The fraction of sp³-hybridized carbons (Fsp3) is 1.00. The summed E-state index contributed by atoms with van der Waals surface area (Å²) in [5, 5.41) is 9.21. The van der Waals surface area contributed by atoms with Gasteiger partial charge in [-0.05, 0) is 39.7 Å². The molecular formula is C12H25NO3. The first-order chi connectivity index (χ1) is 7.65. The molecule has 96 valence electrons. The molecule has 1 rings (SSSR count). The highest BCUT2D eigenvalue weighted by atomic mass is 16.7. The number of nitrogens with zero attached hydrogens (tertiary/aromatic N) is 1. The van der Waals surface area contributed by atoms with Crippen LogP contribution < -0.4 is 0 Å². The number of aliphatic hydroxyl groups is 1. The van der Waals surface area contributed by atoms with Crippen LogP contribution in [0.1, 0.15) is 26.7 Å². The Balaban J connectivity index is 2.16. The standard InChI is InChI=1S/C12H25NO3/c1-4-15-12(16-5-2)9-13(3)8-10-6-11(14)7-10/h10-12,14H,4-9H2,1-3H3. The molecule has 0 unspecified atom stereocenters. The van der Waals surface area contributed by atoms with Gasteiger partial charge in [0.15, 0.2) is 6.29 Å². The van der Waals surface area contributed by atoms with Gasteiger partial charge in [-0.15, -0.1) is 0 Å². The van der Waals surface area contributed by atoms with Crippen molar-refractivity contribution in [1.29, 1.82) is 0 Å². The van der Waals surface area contributed by atoms with Crippen molar-refractivity contribution in [2.24, 2.45) is 5.92 Å². The summed E-state index contributed by atoms with van der Waals surface area (Å²) in [7, 11) is 2.08. The molecule has 4 nitrogen and oxygen atoms in total. The molecule has 0 spiro atoms. The summed E-state index contributed by atoms with van der Waals surface area (Å²) in [5.74, 6) is 0.643. The fourth-order valence-electron chi connectivity index (χ4n) is 2.14. The van der Waals surface area contributed by atoms with Crippen molar-refractivity contribution in [3.8, 4) is 0 Å². The van der Waals surface area contributed by atoms with Crippen molar-refractivity contribution in [3.63, 3.8) is 0 Å². The lowest BCUT2D eigenvalue weighted by Crippen LogP contribution is -2.41. The molecule has 0 aromatic rings. The van der Waals surface area contributed by atoms with E-state index in [0.717, 1.165) is 25.9 Å². The molecule has 4 heteroatoms. The highest BCUT2D eigenvalue weighted by molar-refractivity contribution is 4.80. The Morgan fingerprint density at radius 2 is 1.81 bits per heavy atom. The van der Waals surface area contributed by atoms with E-state index in [1.165, 1.54) is 0 Å². The van der Waals surface area contributed by atoms with Crippen LogP contribution in [0, 0.1) is 5.92 Å². The molecule has 0 bridgehead atoms. The summed E-state index contributed by atoms with van der Waals surface area (Å²) in [6.45, 7) is 7.14. The summed E-state index contributed by atoms with van der Waals surface area (Å²) in [6.07, 6.45) is 1.70. The zero-order valence-corrected chi connectivity index (χ0v) is 10.7. The van der Waals surface area contributed by atoms with Crippen molar-refractivity contribution in [2.45, 2.75) is 39.1 Å². The van der Waals surface area contributed by atoms with Gasteiger partial charge in [-0.3, -0.25) is 0 Å². The van der Waals surface area contributed by atoms with Crippen LogP contribution in [0.3, 0.4) is 0 Å². The Bertz CT molecular complexity index is 177. The maximum Gasteiger partial charge on any atom is 0.170 e. The first-order valence-electron chi connectivity index (χ1n) is 6.25. The van der Waals surface area contributed by atoms with E-state index >= 15 is 0 Å². The van der Waals surface area contributed by atoms with Crippen molar-refractivity contribution in [3.05, 3.63) is 0 Å². The van der Waals surface area contributed by atoms with Crippen LogP contribution >= 0.6 is 0 Å². The lowest BCUT2D eigenvalue weighted by molar-refractivity contribution is -0.147. The molecular weight excluding hydrogens is 206 g/mol. The van der Waals surface area contributed by atoms with Gasteiger partial charge in [-0.2, -0.15) is 0 Å². The second-order valence-corrected chi connectivity index (χ2v) is 4.55. The number of hydrogen-bond acceptors (Lipinski definition) is 4. The van der Waals surface area contributed by atoms with E-state index in [1.54, 1.807) is 0 Å². The predicted octanol–water partition coefficient (Wildman–Crippen LogP) is 1.09. The predicted molar refractivity (Wildman–Crippen MR) is 63.3 cm³/mol. The summed E-state index contributed by atoms with van der Waals surface area (Å²) < 4.78 is 11.0. The minimum absolute atomic E-state index is 0.0621. The summed E-state index contributed by atoms with van der Waals surface area (Å²) in [4.78, 5) is 2.23. The first kappa shape index (κ1) is 13.9. The van der Waals surface area contributed by atoms with Crippen LogP contribution in [0.25, 0.3) is 0 Å². The van der Waals surface area contributed by atoms with Crippen LogP contribution in [0.15, 0.2) is 0 Å². The summed E-state index contributed by atoms with van der Waals surface area (Å²) >= 11 is 0. The Kier molecular flexibility index (Phi) is 6.28. The number of hydrogen-bond donors (Lipinski definition) is 1. The molecule has 16 heavy (non-hydrogen) atoms. The third-order valence-corrected chi connectivity index (χ3v) is 2.95. The van der Waals surface area contributed by atoms with Crippen LogP contribution in [-0.4, -0.2) is 55.8 Å². The molecule has 1 N–H and O–H groups in total. The third kappa shape index (κ3) is 4.78. The molecule has 0 amide bonds. The van der Waals surface area contributed by atoms with Crippen LogP contribution in [0.5, 0.6) is 0 Å². The van der Waals surface area contributed by atoms with Gasteiger partial charge in [0, 0.05) is 26.3 Å². The second-order valence-electron chi connectivity index (χ2n) is 4.55. The lowest BCUT2D eigenvalue weighted by Gasteiger charge is -2.35. The lowest BCUT2D eigenvalue weighted by atomic mass is 9.82. The molecule has 1 fully saturated rings. The zero-order chi connectivity index (χ0) is 12.0. The van der Waals surface area contributed by atoms with Crippen molar-refractivity contribution >= 4 is 0 Å². The van der Waals surface area contributed by atoms with Crippen molar-refractivity contribution < 1.29 is 14.6 Å². The SMILES string of the molecule is CCOC(CN(C)CC1CC(O)C1)OCC. The van der Waals surface area contributed by atoms with Gasteiger partial charge in [0.05, 0.1) is 6.10 Å². The number of aliphatic hydroxyl groups excluding tert-OH is 1. The normalized spacial score (nSPS) is 25.1. The van der Waals surface area contributed by atoms with E-state index in [9.17, 15) is 5.11 Å². The molecule has 0 radical (unpaired) electrons. The second kappa shape index (κ2) is 7.22. The van der Waals surface area contributed by atoms with E-state index < -0.39 is 0 Å².